The van der Waals surface area contributed by atoms with Gasteiger partial charge in [-0.2, -0.15) is 0 Å². The average Bonchev–Trinajstić information content (AvgIpc) is 2.67. The van der Waals surface area contributed by atoms with Crippen LogP contribution in [0.1, 0.15) is 97.8 Å². The molecular formula is C23H38O4. The second kappa shape index (κ2) is 14.5. The lowest BCUT2D eigenvalue weighted by molar-refractivity contribution is -0.147. The normalized spacial score (nSPS) is 16.6. The van der Waals surface area contributed by atoms with E-state index >= 15 is 0 Å². The molecule has 0 amide bonds. The Morgan fingerprint density at radius 2 is 1.41 bits per heavy atom. The predicted octanol–water partition coefficient (Wildman–Crippen LogP) is 6.05. The Balaban J connectivity index is 0.000000271. The zero-order chi connectivity index (χ0) is 19.9. The van der Waals surface area contributed by atoms with Crippen molar-refractivity contribution in [3.05, 3.63) is 23.3 Å². The second-order valence-electron chi connectivity index (χ2n) is 7.56. The topological polar surface area (TPSA) is 52.6 Å². The minimum atomic E-state index is -0.0635. The fourth-order valence-corrected chi connectivity index (χ4v) is 3.34. The van der Waals surface area contributed by atoms with Gasteiger partial charge in [0.05, 0.1) is 12.7 Å². The number of rotatable bonds is 8. The molecule has 0 fully saturated rings. The third-order valence-corrected chi connectivity index (χ3v) is 4.74. The van der Waals surface area contributed by atoms with Crippen LogP contribution >= 0.6 is 0 Å². The molecule has 2 aliphatic rings. The minimum Gasteiger partial charge on any atom is -0.466 e. The molecular weight excluding hydrogens is 340 g/mol. The maximum atomic E-state index is 11.2. The lowest BCUT2D eigenvalue weighted by Gasteiger charge is -2.12. The van der Waals surface area contributed by atoms with Crippen LogP contribution in [0.25, 0.3) is 0 Å². The van der Waals surface area contributed by atoms with Crippen LogP contribution in [0.15, 0.2) is 23.3 Å². The van der Waals surface area contributed by atoms with E-state index < -0.39 is 0 Å². The smallest absolute Gasteiger partial charge is 0.306 e. The van der Waals surface area contributed by atoms with E-state index in [0.717, 1.165) is 12.8 Å². The van der Waals surface area contributed by atoms with Gasteiger partial charge in [-0.3, -0.25) is 9.59 Å². The van der Waals surface area contributed by atoms with Gasteiger partial charge >= 0.3 is 11.9 Å². The molecule has 0 saturated carbocycles. The fraction of sp³-hybridized carbons (Fsp3) is 0.739. The highest BCUT2D eigenvalue weighted by Gasteiger charge is 2.09. The highest BCUT2D eigenvalue weighted by Crippen LogP contribution is 2.22. The van der Waals surface area contributed by atoms with E-state index in [-0.39, 0.29) is 18.0 Å². The maximum Gasteiger partial charge on any atom is 0.306 e. The summed E-state index contributed by atoms with van der Waals surface area (Å²) in [5.41, 5.74) is 2.89. The van der Waals surface area contributed by atoms with Crippen LogP contribution in [0.2, 0.25) is 0 Å². The summed E-state index contributed by atoms with van der Waals surface area (Å²) in [6, 6.07) is 0. The van der Waals surface area contributed by atoms with Gasteiger partial charge in [-0.15, -0.1) is 0 Å². The molecule has 27 heavy (non-hydrogen) atoms. The predicted molar refractivity (Wildman–Crippen MR) is 109 cm³/mol. The van der Waals surface area contributed by atoms with Gasteiger partial charge in [-0.1, -0.05) is 23.3 Å². The van der Waals surface area contributed by atoms with E-state index in [1.54, 1.807) is 0 Å². The van der Waals surface area contributed by atoms with Gasteiger partial charge in [-0.25, -0.2) is 0 Å². The van der Waals surface area contributed by atoms with Crippen LogP contribution < -0.4 is 0 Å². The van der Waals surface area contributed by atoms with Crippen molar-refractivity contribution in [3.63, 3.8) is 0 Å². The number of carbonyl (C=O) groups excluding carboxylic acids is 2. The second-order valence-corrected chi connectivity index (χ2v) is 7.56. The summed E-state index contributed by atoms with van der Waals surface area (Å²) in [6.07, 6.45) is 17.4. The van der Waals surface area contributed by atoms with E-state index in [9.17, 15) is 9.59 Å². The minimum absolute atomic E-state index is 0.0165. The van der Waals surface area contributed by atoms with E-state index in [4.69, 9.17) is 9.47 Å². The van der Waals surface area contributed by atoms with Gasteiger partial charge in [0, 0.05) is 12.8 Å². The van der Waals surface area contributed by atoms with Gasteiger partial charge in [-0.05, 0) is 85.0 Å². The SMILES string of the molecule is CC(C)OC(=O)CCC1=CCCCC1.CCOC(=O)CCC1=CCCCC1. The Morgan fingerprint density at radius 3 is 1.81 bits per heavy atom. The molecule has 0 aromatic carbocycles. The van der Waals surface area contributed by atoms with E-state index in [0.29, 0.717) is 19.4 Å². The Bertz CT molecular complexity index is 503. The molecule has 0 aromatic heterocycles. The summed E-state index contributed by atoms with van der Waals surface area (Å²) >= 11 is 0. The molecule has 2 aliphatic carbocycles. The van der Waals surface area contributed by atoms with Crippen LogP contribution in [0.5, 0.6) is 0 Å². The monoisotopic (exact) mass is 378 g/mol. The first kappa shape index (κ1) is 23.5. The average molecular weight is 379 g/mol. The van der Waals surface area contributed by atoms with Gasteiger partial charge < -0.3 is 9.47 Å². The van der Waals surface area contributed by atoms with Crippen molar-refractivity contribution in [1.82, 2.24) is 0 Å². The van der Waals surface area contributed by atoms with Crippen molar-refractivity contribution in [2.45, 2.75) is 104 Å². The fourth-order valence-electron chi connectivity index (χ4n) is 3.34. The van der Waals surface area contributed by atoms with Crippen LogP contribution in [-0.2, 0) is 19.1 Å². The molecule has 0 radical (unpaired) electrons. The molecule has 0 spiro atoms. The molecule has 0 aliphatic heterocycles. The number of hydrogen-bond acceptors (Lipinski definition) is 4. The largest absolute Gasteiger partial charge is 0.466 e. The molecule has 0 bridgehead atoms. The van der Waals surface area contributed by atoms with Gasteiger partial charge in [0.1, 0.15) is 0 Å². The molecule has 0 unspecified atom stereocenters. The number of allylic oxidation sites excluding steroid dienone is 4. The first-order valence-electron chi connectivity index (χ1n) is 10.7. The maximum absolute atomic E-state index is 11.2. The Labute approximate surface area is 165 Å². The van der Waals surface area contributed by atoms with E-state index in [1.807, 2.05) is 20.8 Å². The van der Waals surface area contributed by atoms with Crippen LogP contribution in [0.4, 0.5) is 0 Å². The molecule has 0 N–H and O–H groups in total. The van der Waals surface area contributed by atoms with Crippen LogP contribution in [0, 0.1) is 0 Å². The molecule has 0 aromatic rings. The van der Waals surface area contributed by atoms with Gasteiger partial charge in [0.2, 0.25) is 0 Å². The van der Waals surface area contributed by atoms with Crippen LogP contribution in [-0.4, -0.2) is 24.6 Å². The number of esters is 2. The lowest BCUT2D eigenvalue weighted by atomic mass is 9.96. The molecule has 2 rings (SSSR count). The quantitative estimate of drug-likeness (QED) is 0.381. The lowest BCUT2D eigenvalue weighted by Crippen LogP contribution is -2.11. The van der Waals surface area contributed by atoms with E-state index in [2.05, 4.69) is 12.2 Å². The number of hydrogen-bond donors (Lipinski definition) is 0. The third kappa shape index (κ3) is 12.4. The van der Waals surface area contributed by atoms with Crippen molar-refractivity contribution >= 4 is 11.9 Å². The number of carbonyl (C=O) groups is 2. The summed E-state index contributed by atoms with van der Waals surface area (Å²) in [6.45, 7) is 6.12. The summed E-state index contributed by atoms with van der Waals surface area (Å²) in [7, 11) is 0. The number of ether oxygens (including phenoxy) is 2. The molecule has 0 heterocycles. The van der Waals surface area contributed by atoms with Crippen molar-refractivity contribution in [2.75, 3.05) is 6.61 Å². The van der Waals surface area contributed by atoms with E-state index in [1.165, 1.54) is 62.5 Å². The summed E-state index contributed by atoms with van der Waals surface area (Å²) in [5.74, 6) is -0.125. The highest BCUT2D eigenvalue weighted by atomic mass is 16.5. The summed E-state index contributed by atoms with van der Waals surface area (Å²) < 4.78 is 9.94. The highest BCUT2D eigenvalue weighted by molar-refractivity contribution is 5.70. The Morgan fingerprint density at radius 1 is 0.889 bits per heavy atom. The Kier molecular flexibility index (Phi) is 12.6. The molecule has 0 atom stereocenters. The Hall–Kier alpha value is -1.58. The van der Waals surface area contributed by atoms with Crippen molar-refractivity contribution in [1.29, 1.82) is 0 Å². The summed E-state index contributed by atoms with van der Waals surface area (Å²) in [5, 5.41) is 0. The first-order valence-corrected chi connectivity index (χ1v) is 10.7. The molecule has 154 valence electrons. The van der Waals surface area contributed by atoms with Gasteiger partial charge in [0.15, 0.2) is 0 Å². The third-order valence-electron chi connectivity index (χ3n) is 4.74. The van der Waals surface area contributed by atoms with Crippen molar-refractivity contribution in [3.8, 4) is 0 Å². The van der Waals surface area contributed by atoms with Crippen molar-refractivity contribution in [2.24, 2.45) is 0 Å². The zero-order valence-corrected chi connectivity index (χ0v) is 17.6. The van der Waals surface area contributed by atoms with Crippen molar-refractivity contribution < 1.29 is 19.1 Å². The molecule has 4 nitrogen and oxygen atoms in total. The van der Waals surface area contributed by atoms with Crippen LogP contribution in [0.3, 0.4) is 0 Å². The standard InChI is InChI=1S/C12H20O2.C11H18O2/c1-10(2)14-12(13)9-8-11-6-4-3-5-7-11;1-2-13-11(12)9-8-10-6-4-3-5-7-10/h6,10H,3-5,7-9H2,1-2H3;6H,2-5,7-9H2,1H3. The molecule has 4 heteroatoms. The first-order chi connectivity index (χ1) is 13.0. The zero-order valence-electron chi connectivity index (χ0n) is 17.6. The summed E-state index contributed by atoms with van der Waals surface area (Å²) in [4.78, 5) is 22.3. The molecule has 0 saturated heterocycles. The van der Waals surface area contributed by atoms with Gasteiger partial charge in [0.25, 0.3) is 0 Å².